The Morgan fingerprint density at radius 3 is 2.44 bits per heavy atom. The number of carbonyl (C=O) groups excluding carboxylic acids is 2. The fourth-order valence-corrected chi connectivity index (χ4v) is 1.68. The molecule has 1 aliphatic carbocycles. The summed E-state index contributed by atoms with van der Waals surface area (Å²) in [6.07, 6.45) is 4.89. The molecule has 1 unspecified atom stereocenters. The van der Waals surface area contributed by atoms with Gasteiger partial charge in [-0.15, -0.1) is 0 Å². The van der Waals surface area contributed by atoms with Gasteiger partial charge in [-0.3, -0.25) is 0 Å². The average molecular weight is 224 g/mol. The molecule has 0 radical (unpaired) electrons. The number of ether oxygens (including phenoxy) is 2. The van der Waals surface area contributed by atoms with Gasteiger partial charge in [-0.2, -0.15) is 0 Å². The van der Waals surface area contributed by atoms with Crippen molar-refractivity contribution in [1.82, 2.24) is 0 Å². The Bertz CT molecular complexity index is 352. The van der Waals surface area contributed by atoms with E-state index < -0.39 is 11.9 Å². The molecule has 88 valence electrons. The second-order valence-corrected chi connectivity index (χ2v) is 3.82. The fourth-order valence-electron chi connectivity index (χ4n) is 1.68. The van der Waals surface area contributed by atoms with E-state index in [1.807, 2.05) is 13.0 Å². The number of methoxy groups -OCH3 is 2. The molecule has 4 heteroatoms. The SMILES string of the molecule is COC(=O)C1=C(C(=O)OC)CC(C)CC=C1. The number of hydrogen-bond acceptors (Lipinski definition) is 4. The molecule has 0 aliphatic heterocycles. The number of hydrogen-bond donors (Lipinski definition) is 0. The van der Waals surface area contributed by atoms with Crippen LogP contribution in [0.4, 0.5) is 0 Å². The Balaban J connectivity index is 3.14. The lowest BCUT2D eigenvalue weighted by Gasteiger charge is -2.10. The molecular weight excluding hydrogens is 208 g/mol. The van der Waals surface area contributed by atoms with E-state index >= 15 is 0 Å². The number of allylic oxidation sites excluding steroid dienone is 1. The Kier molecular flexibility index (Phi) is 4.28. The molecule has 1 rings (SSSR count). The maximum Gasteiger partial charge on any atom is 0.338 e. The summed E-state index contributed by atoms with van der Waals surface area (Å²) < 4.78 is 9.33. The first-order valence-electron chi connectivity index (χ1n) is 5.16. The highest BCUT2D eigenvalue weighted by molar-refractivity contribution is 6.02. The summed E-state index contributed by atoms with van der Waals surface area (Å²) in [7, 11) is 2.61. The molecule has 4 nitrogen and oxygen atoms in total. The van der Waals surface area contributed by atoms with Crippen molar-refractivity contribution in [2.75, 3.05) is 14.2 Å². The lowest BCUT2D eigenvalue weighted by atomic mass is 9.98. The normalized spacial score (nSPS) is 20.3. The smallest absolute Gasteiger partial charge is 0.338 e. The number of carbonyl (C=O) groups is 2. The Hall–Kier alpha value is -1.58. The monoisotopic (exact) mass is 224 g/mol. The quantitative estimate of drug-likeness (QED) is 0.669. The number of esters is 2. The van der Waals surface area contributed by atoms with Crippen molar-refractivity contribution in [3.05, 3.63) is 23.3 Å². The van der Waals surface area contributed by atoms with Crippen molar-refractivity contribution in [1.29, 1.82) is 0 Å². The summed E-state index contributed by atoms with van der Waals surface area (Å²) in [6, 6.07) is 0. The van der Waals surface area contributed by atoms with Crippen molar-refractivity contribution < 1.29 is 19.1 Å². The molecule has 0 fully saturated rings. The molecule has 1 aliphatic rings. The minimum atomic E-state index is -0.495. The predicted molar refractivity (Wildman–Crippen MR) is 58.6 cm³/mol. The molecule has 0 aromatic carbocycles. The van der Waals surface area contributed by atoms with Crippen molar-refractivity contribution in [2.24, 2.45) is 5.92 Å². The summed E-state index contributed by atoms with van der Waals surface area (Å²) in [4.78, 5) is 23.1. The van der Waals surface area contributed by atoms with Crippen LogP contribution in [0.1, 0.15) is 19.8 Å². The van der Waals surface area contributed by atoms with E-state index in [4.69, 9.17) is 0 Å². The second-order valence-electron chi connectivity index (χ2n) is 3.82. The van der Waals surface area contributed by atoms with E-state index in [-0.39, 0.29) is 0 Å². The van der Waals surface area contributed by atoms with Crippen molar-refractivity contribution in [3.8, 4) is 0 Å². The molecule has 0 saturated heterocycles. The lowest BCUT2D eigenvalue weighted by molar-refractivity contribution is -0.139. The van der Waals surface area contributed by atoms with Gasteiger partial charge in [-0.1, -0.05) is 19.1 Å². The standard InChI is InChI=1S/C12H16O4/c1-8-5-4-6-9(11(13)15-2)10(7-8)12(14)16-3/h4,6,8H,5,7H2,1-3H3. The predicted octanol–water partition coefficient (Wildman–Crippen LogP) is 1.62. The van der Waals surface area contributed by atoms with Crippen molar-refractivity contribution in [2.45, 2.75) is 19.8 Å². The van der Waals surface area contributed by atoms with Gasteiger partial charge in [0, 0.05) is 0 Å². The summed E-state index contributed by atoms with van der Waals surface area (Å²) in [5.74, 6) is -0.642. The van der Waals surface area contributed by atoms with E-state index in [0.717, 1.165) is 6.42 Å². The molecule has 0 aromatic heterocycles. The Labute approximate surface area is 94.9 Å². The van der Waals surface area contributed by atoms with Crippen LogP contribution < -0.4 is 0 Å². The highest BCUT2D eigenvalue weighted by atomic mass is 16.5. The van der Waals surface area contributed by atoms with Gasteiger partial charge in [0.05, 0.1) is 25.4 Å². The molecule has 0 heterocycles. The molecule has 0 saturated carbocycles. The van der Waals surface area contributed by atoms with Gasteiger partial charge in [0.1, 0.15) is 0 Å². The second kappa shape index (κ2) is 5.49. The van der Waals surface area contributed by atoms with Crippen molar-refractivity contribution in [3.63, 3.8) is 0 Å². The van der Waals surface area contributed by atoms with Crippen LogP contribution in [-0.2, 0) is 19.1 Å². The summed E-state index contributed by atoms with van der Waals surface area (Å²) in [5.41, 5.74) is 0.703. The van der Waals surface area contributed by atoms with Crippen LogP contribution in [0, 0.1) is 5.92 Å². The maximum atomic E-state index is 11.6. The Morgan fingerprint density at radius 2 is 1.88 bits per heavy atom. The molecule has 1 atom stereocenters. The third-order valence-corrected chi connectivity index (χ3v) is 2.54. The van der Waals surface area contributed by atoms with E-state index in [9.17, 15) is 9.59 Å². The van der Waals surface area contributed by atoms with Gasteiger partial charge in [-0.05, 0) is 18.8 Å². The van der Waals surface area contributed by atoms with E-state index in [1.165, 1.54) is 14.2 Å². The van der Waals surface area contributed by atoms with Gasteiger partial charge in [0.25, 0.3) is 0 Å². The fraction of sp³-hybridized carbons (Fsp3) is 0.500. The molecular formula is C12H16O4. The van der Waals surface area contributed by atoms with Gasteiger partial charge < -0.3 is 9.47 Å². The molecule has 0 spiro atoms. The zero-order chi connectivity index (χ0) is 12.1. The van der Waals surface area contributed by atoms with Crippen LogP contribution in [0.5, 0.6) is 0 Å². The highest BCUT2D eigenvalue weighted by Gasteiger charge is 2.23. The van der Waals surface area contributed by atoms with E-state index in [0.29, 0.717) is 23.5 Å². The highest BCUT2D eigenvalue weighted by Crippen LogP contribution is 2.25. The summed E-state index contributed by atoms with van der Waals surface area (Å²) >= 11 is 0. The van der Waals surface area contributed by atoms with Gasteiger partial charge in [-0.25, -0.2) is 9.59 Å². The zero-order valence-electron chi connectivity index (χ0n) is 9.78. The summed E-state index contributed by atoms with van der Waals surface area (Å²) in [5, 5.41) is 0. The van der Waals surface area contributed by atoms with Crippen LogP contribution in [0.15, 0.2) is 23.3 Å². The van der Waals surface area contributed by atoms with Gasteiger partial charge in [0.2, 0.25) is 0 Å². The van der Waals surface area contributed by atoms with Crippen LogP contribution in [0.3, 0.4) is 0 Å². The minimum absolute atomic E-state index is 0.304. The molecule has 0 amide bonds. The first kappa shape index (κ1) is 12.5. The zero-order valence-corrected chi connectivity index (χ0v) is 9.78. The van der Waals surface area contributed by atoms with Crippen LogP contribution in [0.25, 0.3) is 0 Å². The van der Waals surface area contributed by atoms with E-state index in [1.54, 1.807) is 6.08 Å². The largest absolute Gasteiger partial charge is 0.466 e. The van der Waals surface area contributed by atoms with Gasteiger partial charge in [0.15, 0.2) is 0 Å². The minimum Gasteiger partial charge on any atom is -0.466 e. The number of rotatable bonds is 2. The molecule has 0 aromatic rings. The third-order valence-electron chi connectivity index (χ3n) is 2.54. The third kappa shape index (κ3) is 2.72. The lowest BCUT2D eigenvalue weighted by Crippen LogP contribution is -2.14. The van der Waals surface area contributed by atoms with Crippen LogP contribution in [-0.4, -0.2) is 26.2 Å². The van der Waals surface area contributed by atoms with Crippen LogP contribution in [0.2, 0.25) is 0 Å². The first-order valence-corrected chi connectivity index (χ1v) is 5.16. The van der Waals surface area contributed by atoms with E-state index in [2.05, 4.69) is 9.47 Å². The first-order chi connectivity index (χ1) is 7.60. The Morgan fingerprint density at radius 1 is 1.25 bits per heavy atom. The molecule has 0 N–H and O–H groups in total. The van der Waals surface area contributed by atoms with Crippen molar-refractivity contribution >= 4 is 11.9 Å². The summed E-state index contributed by atoms with van der Waals surface area (Å²) in [6.45, 7) is 2.02. The molecule has 16 heavy (non-hydrogen) atoms. The average Bonchev–Trinajstić information content (AvgIpc) is 2.49. The van der Waals surface area contributed by atoms with Crippen LogP contribution >= 0.6 is 0 Å². The molecule has 0 bridgehead atoms. The van der Waals surface area contributed by atoms with Gasteiger partial charge >= 0.3 is 11.9 Å². The topological polar surface area (TPSA) is 52.6 Å². The maximum absolute atomic E-state index is 11.6.